The van der Waals surface area contributed by atoms with Crippen molar-refractivity contribution in [3.63, 3.8) is 0 Å². The molecule has 0 spiro atoms. The first-order chi connectivity index (χ1) is 7.90. The van der Waals surface area contributed by atoms with E-state index in [-0.39, 0.29) is 0 Å². The molecule has 0 bridgehead atoms. The van der Waals surface area contributed by atoms with Crippen LogP contribution in [0.4, 0.5) is 0 Å². The van der Waals surface area contributed by atoms with Crippen LogP contribution in [0.1, 0.15) is 38.5 Å². The zero-order valence-corrected chi connectivity index (χ0v) is 10.5. The van der Waals surface area contributed by atoms with E-state index in [2.05, 4.69) is 9.80 Å². The average molecular weight is 225 g/mol. The molecule has 2 rings (SSSR count). The van der Waals surface area contributed by atoms with Crippen molar-refractivity contribution in [2.45, 2.75) is 44.6 Å². The highest BCUT2D eigenvalue weighted by Gasteiger charge is 2.22. The van der Waals surface area contributed by atoms with Gasteiger partial charge >= 0.3 is 0 Å². The molecule has 1 heterocycles. The Hall–Kier alpha value is -0.120. The Morgan fingerprint density at radius 2 is 1.69 bits per heavy atom. The first-order valence-electron chi connectivity index (χ1n) is 7.06. The first kappa shape index (κ1) is 12.3. The van der Waals surface area contributed by atoms with E-state index in [1.807, 2.05) is 0 Å². The van der Waals surface area contributed by atoms with Gasteiger partial charge < -0.3 is 10.6 Å². The summed E-state index contributed by atoms with van der Waals surface area (Å²) in [5.74, 6) is 0. The van der Waals surface area contributed by atoms with Crippen LogP contribution in [-0.2, 0) is 0 Å². The third kappa shape index (κ3) is 3.44. The number of rotatable bonds is 6. The van der Waals surface area contributed by atoms with Crippen LogP contribution in [0.25, 0.3) is 0 Å². The minimum Gasteiger partial charge on any atom is -0.329 e. The van der Waals surface area contributed by atoms with Crippen LogP contribution in [0.3, 0.4) is 0 Å². The van der Waals surface area contributed by atoms with Crippen molar-refractivity contribution >= 4 is 0 Å². The highest BCUT2D eigenvalue weighted by atomic mass is 15.2. The van der Waals surface area contributed by atoms with Crippen LogP contribution in [0.15, 0.2) is 0 Å². The van der Waals surface area contributed by atoms with E-state index in [0.717, 1.165) is 19.1 Å². The van der Waals surface area contributed by atoms with Crippen LogP contribution < -0.4 is 5.73 Å². The molecule has 94 valence electrons. The molecular weight excluding hydrogens is 198 g/mol. The number of hydrogen-bond acceptors (Lipinski definition) is 3. The summed E-state index contributed by atoms with van der Waals surface area (Å²) in [4.78, 5) is 5.25. The summed E-state index contributed by atoms with van der Waals surface area (Å²) in [6, 6.07) is 0.839. The van der Waals surface area contributed by atoms with Crippen LogP contribution in [0, 0.1) is 0 Å². The second-order valence-corrected chi connectivity index (χ2v) is 5.31. The van der Waals surface area contributed by atoms with Gasteiger partial charge in [-0.15, -0.1) is 0 Å². The van der Waals surface area contributed by atoms with Gasteiger partial charge in [-0.25, -0.2) is 0 Å². The van der Waals surface area contributed by atoms with Crippen molar-refractivity contribution in [3.8, 4) is 0 Å². The van der Waals surface area contributed by atoms with Gasteiger partial charge in [-0.2, -0.15) is 0 Å². The standard InChI is InChI=1S/C13H27N3/c14-7-10-16(13-5-1-2-6-13)12-11-15-8-3-4-9-15/h13H,1-12,14H2. The Balaban J connectivity index is 1.72. The summed E-state index contributed by atoms with van der Waals surface area (Å²) < 4.78 is 0. The second-order valence-electron chi connectivity index (χ2n) is 5.31. The normalized spacial score (nSPS) is 23.6. The van der Waals surface area contributed by atoms with E-state index >= 15 is 0 Å². The lowest BCUT2D eigenvalue weighted by Crippen LogP contribution is -2.42. The van der Waals surface area contributed by atoms with Crippen molar-refractivity contribution < 1.29 is 0 Å². The van der Waals surface area contributed by atoms with Gasteiger partial charge in [0.2, 0.25) is 0 Å². The van der Waals surface area contributed by atoms with Crippen LogP contribution >= 0.6 is 0 Å². The summed E-state index contributed by atoms with van der Waals surface area (Å²) in [5.41, 5.74) is 5.73. The van der Waals surface area contributed by atoms with Gasteiger partial charge in [0.05, 0.1) is 0 Å². The minimum absolute atomic E-state index is 0.816. The van der Waals surface area contributed by atoms with E-state index in [9.17, 15) is 0 Å². The number of nitrogens with two attached hydrogens (primary N) is 1. The lowest BCUT2D eigenvalue weighted by Gasteiger charge is -2.30. The zero-order chi connectivity index (χ0) is 11.2. The fourth-order valence-corrected chi connectivity index (χ4v) is 3.19. The van der Waals surface area contributed by atoms with Crippen molar-refractivity contribution in [3.05, 3.63) is 0 Å². The summed E-state index contributed by atoms with van der Waals surface area (Å²) in [6.45, 7) is 7.05. The third-order valence-electron chi connectivity index (χ3n) is 4.16. The highest BCUT2D eigenvalue weighted by molar-refractivity contribution is 4.79. The maximum absolute atomic E-state index is 5.73. The molecule has 0 atom stereocenters. The summed E-state index contributed by atoms with van der Waals surface area (Å²) in [5, 5.41) is 0. The van der Waals surface area contributed by atoms with Gasteiger partial charge in [-0.1, -0.05) is 12.8 Å². The first-order valence-corrected chi connectivity index (χ1v) is 7.06. The lowest BCUT2D eigenvalue weighted by atomic mass is 10.2. The SMILES string of the molecule is NCCN(CCN1CCCC1)C1CCCC1. The molecule has 3 heteroatoms. The predicted octanol–water partition coefficient (Wildman–Crippen LogP) is 1.29. The molecule has 2 aliphatic rings. The second kappa shape index (κ2) is 6.58. The van der Waals surface area contributed by atoms with Crippen molar-refractivity contribution in [1.82, 2.24) is 9.80 Å². The van der Waals surface area contributed by atoms with Gasteiger partial charge in [-0.05, 0) is 38.8 Å². The molecule has 0 aromatic heterocycles. The fourth-order valence-electron chi connectivity index (χ4n) is 3.19. The number of likely N-dealkylation sites (tertiary alicyclic amines) is 1. The number of nitrogens with zero attached hydrogens (tertiary/aromatic N) is 2. The Kier molecular flexibility index (Phi) is 5.07. The van der Waals surface area contributed by atoms with Gasteiger partial charge in [0.1, 0.15) is 0 Å². The molecule has 1 saturated heterocycles. The molecule has 1 saturated carbocycles. The predicted molar refractivity (Wildman–Crippen MR) is 68.6 cm³/mol. The highest BCUT2D eigenvalue weighted by Crippen LogP contribution is 2.23. The molecule has 1 aliphatic carbocycles. The quantitative estimate of drug-likeness (QED) is 0.739. The molecule has 2 fully saturated rings. The van der Waals surface area contributed by atoms with Crippen molar-refractivity contribution in [2.24, 2.45) is 5.73 Å². The monoisotopic (exact) mass is 225 g/mol. The van der Waals surface area contributed by atoms with Crippen LogP contribution in [0.5, 0.6) is 0 Å². The topological polar surface area (TPSA) is 32.5 Å². The van der Waals surface area contributed by atoms with Crippen molar-refractivity contribution in [1.29, 1.82) is 0 Å². The van der Waals surface area contributed by atoms with Gasteiger partial charge in [-0.3, -0.25) is 4.90 Å². The summed E-state index contributed by atoms with van der Waals surface area (Å²) in [6.07, 6.45) is 8.46. The Bertz CT molecular complexity index is 184. The summed E-state index contributed by atoms with van der Waals surface area (Å²) in [7, 11) is 0. The molecule has 0 aromatic carbocycles. The molecular formula is C13H27N3. The lowest BCUT2D eigenvalue weighted by molar-refractivity contribution is 0.176. The average Bonchev–Trinajstić information content (AvgIpc) is 2.96. The van der Waals surface area contributed by atoms with Crippen LogP contribution in [-0.4, -0.2) is 55.1 Å². The van der Waals surface area contributed by atoms with E-state index in [0.29, 0.717) is 0 Å². The summed E-state index contributed by atoms with van der Waals surface area (Å²) >= 11 is 0. The molecule has 16 heavy (non-hydrogen) atoms. The maximum Gasteiger partial charge on any atom is 0.0113 e. The van der Waals surface area contributed by atoms with E-state index in [1.54, 1.807) is 0 Å². The Morgan fingerprint density at radius 3 is 2.31 bits per heavy atom. The van der Waals surface area contributed by atoms with E-state index < -0.39 is 0 Å². The van der Waals surface area contributed by atoms with Gasteiger partial charge in [0.15, 0.2) is 0 Å². The van der Waals surface area contributed by atoms with Crippen LogP contribution in [0.2, 0.25) is 0 Å². The fraction of sp³-hybridized carbons (Fsp3) is 1.00. The molecule has 0 amide bonds. The Labute approximate surface area is 100.0 Å². The van der Waals surface area contributed by atoms with E-state index in [4.69, 9.17) is 5.73 Å². The van der Waals surface area contributed by atoms with E-state index in [1.165, 1.54) is 64.7 Å². The number of hydrogen-bond donors (Lipinski definition) is 1. The maximum atomic E-state index is 5.73. The minimum atomic E-state index is 0.816. The smallest absolute Gasteiger partial charge is 0.0113 e. The third-order valence-corrected chi connectivity index (χ3v) is 4.16. The molecule has 0 radical (unpaired) electrons. The van der Waals surface area contributed by atoms with Gasteiger partial charge in [0.25, 0.3) is 0 Å². The Morgan fingerprint density at radius 1 is 1.00 bits per heavy atom. The molecule has 3 nitrogen and oxygen atoms in total. The zero-order valence-electron chi connectivity index (χ0n) is 10.5. The molecule has 2 N–H and O–H groups in total. The molecule has 0 aromatic rings. The molecule has 0 unspecified atom stereocenters. The van der Waals surface area contributed by atoms with Gasteiger partial charge in [0, 0.05) is 32.2 Å². The largest absolute Gasteiger partial charge is 0.329 e. The van der Waals surface area contributed by atoms with Crippen molar-refractivity contribution in [2.75, 3.05) is 39.3 Å². The molecule has 1 aliphatic heterocycles.